The Bertz CT molecular complexity index is 1560. The first-order valence-electron chi connectivity index (χ1n) is 14.2. The van der Waals surface area contributed by atoms with Gasteiger partial charge in [0.15, 0.2) is 16.9 Å². The molecule has 2 heterocycles. The van der Waals surface area contributed by atoms with Crippen molar-refractivity contribution in [2.24, 2.45) is 0 Å². The highest BCUT2D eigenvalue weighted by molar-refractivity contribution is 7.92. The second kappa shape index (κ2) is 13.2. The third-order valence-corrected chi connectivity index (χ3v) is 8.69. The lowest BCUT2D eigenvalue weighted by Gasteiger charge is -2.42. The molecule has 13 heteroatoms. The van der Waals surface area contributed by atoms with Gasteiger partial charge in [-0.2, -0.15) is 21.6 Å². The Hall–Kier alpha value is -4.13. The zero-order chi connectivity index (χ0) is 32.1. The van der Waals surface area contributed by atoms with Crippen molar-refractivity contribution in [3.05, 3.63) is 78.0 Å². The number of aromatic hydroxyl groups is 1. The summed E-state index contributed by atoms with van der Waals surface area (Å²) in [5.41, 5.74) is -0.671. The summed E-state index contributed by atoms with van der Waals surface area (Å²) in [5, 5.41) is 8.96. The first kappa shape index (κ1) is 32.8. The van der Waals surface area contributed by atoms with Gasteiger partial charge >= 0.3 is 12.1 Å². The number of nitrogens with zero attached hydrogens (tertiary/aromatic N) is 2. The van der Waals surface area contributed by atoms with Gasteiger partial charge in [0, 0.05) is 24.8 Å². The molecule has 1 fully saturated rings. The van der Waals surface area contributed by atoms with Crippen LogP contribution in [0.5, 0.6) is 5.75 Å². The SMILES string of the molecule is CCCN(c1cccc(NS(=O)(=O)c2ccc(C(F)(F)F)cn2)c1)C1C(=O)CC(CCC)(CCc2ccc(O)cc2)OC1=O. The van der Waals surface area contributed by atoms with Gasteiger partial charge in [-0.3, -0.25) is 9.52 Å². The Morgan fingerprint density at radius 2 is 1.77 bits per heavy atom. The van der Waals surface area contributed by atoms with E-state index in [9.17, 15) is 36.3 Å². The number of benzene rings is 2. The number of ketones is 1. The monoisotopic (exact) mass is 633 g/mol. The van der Waals surface area contributed by atoms with Crippen LogP contribution in [0.3, 0.4) is 0 Å². The summed E-state index contributed by atoms with van der Waals surface area (Å²) < 4.78 is 72.8. The van der Waals surface area contributed by atoms with Crippen molar-refractivity contribution < 1.29 is 41.0 Å². The molecule has 9 nitrogen and oxygen atoms in total. The van der Waals surface area contributed by atoms with Crippen molar-refractivity contribution >= 4 is 33.2 Å². The van der Waals surface area contributed by atoms with E-state index in [1.54, 1.807) is 35.2 Å². The van der Waals surface area contributed by atoms with Gasteiger partial charge in [0.1, 0.15) is 11.4 Å². The Morgan fingerprint density at radius 3 is 2.36 bits per heavy atom. The standard InChI is InChI=1S/C31H34F3N3O6S/c1-3-15-30(16-14-21-8-11-25(38)12-9-21)19-26(39)28(29(40)43-30)37(17-4-2)24-7-5-6-23(18-24)36-44(41,42)27-13-10-22(20-35-27)31(32,33)34/h5-13,18,20,28,36,38H,3-4,14-17,19H2,1-2H3. The van der Waals surface area contributed by atoms with Gasteiger partial charge in [0.25, 0.3) is 10.0 Å². The third-order valence-electron chi connectivity index (χ3n) is 7.40. The zero-order valence-electron chi connectivity index (χ0n) is 24.3. The number of Topliss-reactive ketones (excluding diaryl/α,β-unsaturated/α-hetero) is 1. The number of alkyl halides is 3. The number of phenolic OH excluding ortho intramolecular Hbond substituents is 1. The number of rotatable bonds is 12. The summed E-state index contributed by atoms with van der Waals surface area (Å²) in [4.78, 5) is 32.2. The fourth-order valence-electron chi connectivity index (χ4n) is 5.36. The van der Waals surface area contributed by atoms with E-state index >= 15 is 0 Å². The summed E-state index contributed by atoms with van der Waals surface area (Å²) in [6.07, 6.45) is -1.49. The first-order valence-corrected chi connectivity index (χ1v) is 15.7. The fraction of sp³-hybridized carbons (Fsp3) is 0.387. The van der Waals surface area contributed by atoms with Gasteiger partial charge in [-0.15, -0.1) is 0 Å². The number of nitrogens with one attached hydrogen (secondary N) is 1. The van der Waals surface area contributed by atoms with E-state index in [-0.39, 0.29) is 30.2 Å². The Balaban J connectivity index is 1.54. The number of pyridine rings is 1. The molecule has 0 radical (unpaired) electrons. The maximum atomic E-state index is 13.7. The molecule has 2 aromatic carbocycles. The minimum absolute atomic E-state index is 0.0153. The smallest absolute Gasteiger partial charge is 0.417 e. The van der Waals surface area contributed by atoms with Crippen molar-refractivity contribution in [2.75, 3.05) is 16.2 Å². The molecule has 0 saturated carbocycles. The number of aryl methyl sites for hydroxylation is 1. The highest BCUT2D eigenvalue weighted by atomic mass is 32.2. The van der Waals surface area contributed by atoms with Crippen LogP contribution in [0.15, 0.2) is 71.9 Å². The predicted molar refractivity (Wildman–Crippen MR) is 158 cm³/mol. The molecule has 44 heavy (non-hydrogen) atoms. The number of anilines is 2. The van der Waals surface area contributed by atoms with E-state index < -0.39 is 44.4 Å². The van der Waals surface area contributed by atoms with Gasteiger partial charge in [-0.05, 0) is 73.7 Å². The number of aromatic nitrogens is 1. The Morgan fingerprint density at radius 1 is 1.05 bits per heavy atom. The molecule has 1 aromatic heterocycles. The number of carbonyl (C=O) groups excluding carboxylic acids is 2. The predicted octanol–water partition coefficient (Wildman–Crippen LogP) is 5.88. The largest absolute Gasteiger partial charge is 0.508 e. The van der Waals surface area contributed by atoms with Crippen LogP contribution >= 0.6 is 0 Å². The van der Waals surface area contributed by atoms with Crippen LogP contribution in [0.25, 0.3) is 0 Å². The molecule has 2 unspecified atom stereocenters. The normalized spacial score (nSPS) is 19.0. The molecular formula is C31H34F3N3O6S. The van der Waals surface area contributed by atoms with E-state index in [2.05, 4.69) is 9.71 Å². The lowest BCUT2D eigenvalue weighted by molar-refractivity contribution is -0.174. The molecule has 1 saturated heterocycles. The molecule has 0 bridgehead atoms. The van der Waals surface area contributed by atoms with Crippen LogP contribution in [-0.4, -0.2) is 48.4 Å². The second-order valence-electron chi connectivity index (χ2n) is 10.8. The number of hydrogen-bond acceptors (Lipinski definition) is 8. The lowest BCUT2D eigenvalue weighted by Crippen LogP contribution is -2.57. The summed E-state index contributed by atoms with van der Waals surface area (Å²) >= 11 is 0. The van der Waals surface area contributed by atoms with Gasteiger partial charge in [0.05, 0.1) is 11.3 Å². The van der Waals surface area contributed by atoms with Crippen LogP contribution in [0.2, 0.25) is 0 Å². The maximum absolute atomic E-state index is 13.7. The number of ether oxygens (including phenoxy) is 1. The van der Waals surface area contributed by atoms with Gasteiger partial charge < -0.3 is 14.7 Å². The van der Waals surface area contributed by atoms with Crippen LogP contribution in [-0.2, 0) is 36.9 Å². The number of hydrogen-bond donors (Lipinski definition) is 2. The van der Waals surface area contributed by atoms with Gasteiger partial charge in [-0.1, -0.05) is 38.5 Å². The number of carbonyl (C=O) groups is 2. The molecule has 236 valence electrons. The molecular weight excluding hydrogens is 599 g/mol. The highest BCUT2D eigenvalue weighted by Gasteiger charge is 2.48. The van der Waals surface area contributed by atoms with Crippen molar-refractivity contribution in [1.82, 2.24) is 4.98 Å². The Labute approximate surface area is 254 Å². The summed E-state index contributed by atoms with van der Waals surface area (Å²) in [6, 6.07) is 12.9. The van der Waals surface area contributed by atoms with Crippen molar-refractivity contribution in [2.45, 2.75) is 75.2 Å². The molecule has 1 aliphatic rings. The molecule has 4 rings (SSSR count). The Kier molecular flexibility index (Phi) is 9.87. The minimum atomic E-state index is -4.67. The van der Waals surface area contributed by atoms with Gasteiger partial charge in [0.2, 0.25) is 0 Å². The summed E-state index contributed by atoms with van der Waals surface area (Å²) in [5.74, 6) is -0.856. The summed E-state index contributed by atoms with van der Waals surface area (Å²) in [6.45, 7) is 4.10. The topological polar surface area (TPSA) is 126 Å². The average Bonchev–Trinajstić information content (AvgIpc) is 2.96. The molecule has 0 aliphatic carbocycles. The van der Waals surface area contributed by atoms with E-state index in [0.29, 0.717) is 50.1 Å². The van der Waals surface area contributed by atoms with Crippen molar-refractivity contribution in [1.29, 1.82) is 0 Å². The van der Waals surface area contributed by atoms with Crippen LogP contribution in [0.4, 0.5) is 24.5 Å². The molecule has 0 amide bonds. The maximum Gasteiger partial charge on any atom is 0.417 e. The quantitative estimate of drug-likeness (QED) is 0.187. The van der Waals surface area contributed by atoms with Crippen LogP contribution in [0, 0.1) is 0 Å². The van der Waals surface area contributed by atoms with Crippen LogP contribution in [0.1, 0.15) is 57.1 Å². The number of halogens is 3. The van der Waals surface area contributed by atoms with E-state index in [4.69, 9.17) is 4.74 Å². The molecule has 2 N–H and O–H groups in total. The molecule has 1 aliphatic heterocycles. The lowest BCUT2D eigenvalue weighted by atomic mass is 9.82. The number of esters is 1. The summed E-state index contributed by atoms with van der Waals surface area (Å²) in [7, 11) is -4.35. The zero-order valence-corrected chi connectivity index (χ0v) is 25.1. The van der Waals surface area contributed by atoms with Crippen molar-refractivity contribution in [3.63, 3.8) is 0 Å². The number of phenols is 1. The molecule has 0 spiro atoms. The third kappa shape index (κ3) is 7.68. The minimum Gasteiger partial charge on any atom is -0.508 e. The number of cyclic esters (lactones) is 1. The van der Waals surface area contributed by atoms with E-state index in [1.807, 2.05) is 13.8 Å². The van der Waals surface area contributed by atoms with E-state index in [1.165, 1.54) is 18.2 Å². The van der Waals surface area contributed by atoms with Crippen molar-refractivity contribution in [3.8, 4) is 5.75 Å². The molecule has 2 atom stereocenters. The van der Waals surface area contributed by atoms with E-state index in [0.717, 1.165) is 11.6 Å². The fourth-order valence-corrected chi connectivity index (χ4v) is 6.34. The second-order valence-corrected chi connectivity index (χ2v) is 12.4. The average molecular weight is 634 g/mol. The van der Waals surface area contributed by atoms with Crippen LogP contribution < -0.4 is 9.62 Å². The number of sulfonamides is 1. The highest BCUT2D eigenvalue weighted by Crippen LogP contribution is 2.36. The van der Waals surface area contributed by atoms with Gasteiger partial charge in [-0.25, -0.2) is 9.78 Å². The molecule has 3 aromatic rings. The first-order chi connectivity index (χ1) is 20.8.